The zero-order valence-electron chi connectivity index (χ0n) is 16.0. The summed E-state index contributed by atoms with van der Waals surface area (Å²) < 4.78 is 28.7. The van der Waals surface area contributed by atoms with Gasteiger partial charge < -0.3 is 4.90 Å². The number of fused-ring (bicyclic) bond motifs is 1. The standard InChI is InChI=1S/C21H26N2O3S/c1-4-20(17-9-7-15(2)8-10-17)22-27(25,26)19-11-12-21-18(14-19)6-5-13-23(21)16(3)24/h7-12,14,20,22H,4-6,13H2,1-3H3/t20-/m0/s1. The van der Waals surface area contributed by atoms with Crippen LogP contribution in [-0.4, -0.2) is 20.9 Å². The number of carbonyl (C=O) groups excluding carboxylic acids is 1. The zero-order valence-corrected chi connectivity index (χ0v) is 16.8. The van der Waals surface area contributed by atoms with Crippen LogP contribution in [0, 0.1) is 6.92 Å². The number of amides is 1. The van der Waals surface area contributed by atoms with Crippen molar-refractivity contribution in [2.24, 2.45) is 0 Å². The zero-order chi connectivity index (χ0) is 19.6. The lowest BCUT2D eigenvalue weighted by molar-refractivity contribution is -0.116. The van der Waals surface area contributed by atoms with Crippen LogP contribution in [0.2, 0.25) is 0 Å². The molecular formula is C21H26N2O3S. The summed E-state index contributed by atoms with van der Waals surface area (Å²) in [4.78, 5) is 13.8. The van der Waals surface area contributed by atoms with Gasteiger partial charge in [-0.25, -0.2) is 13.1 Å². The van der Waals surface area contributed by atoms with Crippen LogP contribution in [0.15, 0.2) is 47.4 Å². The smallest absolute Gasteiger partial charge is 0.241 e. The van der Waals surface area contributed by atoms with E-state index in [0.29, 0.717) is 13.0 Å². The minimum Gasteiger partial charge on any atom is -0.312 e. The second-order valence-corrected chi connectivity index (χ2v) is 8.77. The van der Waals surface area contributed by atoms with Gasteiger partial charge in [0.2, 0.25) is 15.9 Å². The highest BCUT2D eigenvalue weighted by atomic mass is 32.2. The Labute approximate surface area is 161 Å². The molecule has 0 bridgehead atoms. The molecule has 1 amide bonds. The van der Waals surface area contributed by atoms with Gasteiger partial charge in [-0.15, -0.1) is 0 Å². The number of hydrogen-bond donors (Lipinski definition) is 1. The predicted octanol–water partition coefficient (Wildman–Crippen LogP) is 3.72. The summed E-state index contributed by atoms with van der Waals surface area (Å²) in [5.41, 5.74) is 3.81. The van der Waals surface area contributed by atoms with Gasteiger partial charge in [0.15, 0.2) is 0 Å². The normalized spacial score (nSPS) is 15.3. The van der Waals surface area contributed by atoms with Crippen molar-refractivity contribution in [3.8, 4) is 0 Å². The Bertz CT molecular complexity index is 936. The highest BCUT2D eigenvalue weighted by Gasteiger charge is 2.25. The van der Waals surface area contributed by atoms with E-state index in [1.807, 2.05) is 38.1 Å². The first kappa shape index (κ1) is 19.6. The highest BCUT2D eigenvalue weighted by Crippen LogP contribution is 2.30. The minimum atomic E-state index is -3.65. The summed E-state index contributed by atoms with van der Waals surface area (Å²) in [5, 5.41) is 0. The number of nitrogens with one attached hydrogen (secondary N) is 1. The molecule has 144 valence electrons. The molecule has 6 heteroatoms. The third kappa shape index (κ3) is 4.22. The molecule has 0 saturated heterocycles. The van der Waals surface area contributed by atoms with Crippen molar-refractivity contribution in [1.82, 2.24) is 4.72 Å². The monoisotopic (exact) mass is 386 g/mol. The Morgan fingerprint density at radius 2 is 1.89 bits per heavy atom. The number of hydrogen-bond acceptors (Lipinski definition) is 3. The van der Waals surface area contributed by atoms with Crippen molar-refractivity contribution >= 4 is 21.6 Å². The summed E-state index contributed by atoms with van der Waals surface area (Å²) in [5.74, 6) is -0.0184. The summed E-state index contributed by atoms with van der Waals surface area (Å²) in [6.07, 6.45) is 2.27. The molecule has 0 aromatic heterocycles. The molecule has 0 fully saturated rings. The fourth-order valence-electron chi connectivity index (χ4n) is 3.51. The van der Waals surface area contributed by atoms with Crippen LogP contribution in [0.4, 0.5) is 5.69 Å². The molecule has 5 nitrogen and oxygen atoms in total. The summed E-state index contributed by atoms with van der Waals surface area (Å²) in [6.45, 7) is 6.18. The summed E-state index contributed by atoms with van der Waals surface area (Å²) in [7, 11) is -3.65. The molecule has 1 N–H and O–H groups in total. The maximum absolute atomic E-state index is 13.0. The average molecular weight is 387 g/mol. The van der Waals surface area contributed by atoms with Crippen LogP contribution < -0.4 is 9.62 Å². The van der Waals surface area contributed by atoms with Gasteiger partial charge in [-0.1, -0.05) is 36.8 Å². The maximum atomic E-state index is 13.0. The molecule has 0 saturated carbocycles. The number of carbonyl (C=O) groups is 1. The quantitative estimate of drug-likeness (QED) is 0.852. The van der Waals surface area contributed by atoms with Crippen molar-refractivity contribution in [2.45, 2.75) is 51.0 Å². The van der Waals surface area contributed by atoms with Gasteiger partial charge in [0.05, 0.1) is 4.90 Å². The van der Waals surface area contributed by atoms with Crippen LogP contribution in [0.1, 0.15) is 49.4 Å². The van der Waals surface area contributed by atoms with E-state index in [9.17, 15) is 13.2 Å². The molecule has 0 radical (unpaired) electrons. The predicted molar refractivity (Wildman–Crippen MR) is 107 cm³/mol. The maximum Gasteiger partial charge on any atom is 0.241 e. The first-order chi connectivity index (χ1) is 12.8. The van der Waals surface area contributed by atoms with Crippen molar-refractivity contribution in [2.75, 3.05) is 11.4 Å². The second kappa shape index (κ2) is 7.82. The molecule has 2 aromatic rings. The molecule has 3 rings (SSSR count). The highest BCUT2D eigenvalue weighted by molar-refractivity contribution is 7.89. The van der Waals surface area contributed by atoms with E-state index in [4.69, 9.17) is 0 Å². The summed E-state index contributed by atoms with van der Waals surface area (Å²) >= 11 is 0. The van der Waals surface area contributed by atoms with Crippen LogP contribution in [-0.2, 0) is 21.2 Å². The Morgan fingerprint density at radius 1 is 1.19 bits per heavy atom. The molecule has 1 aliphatic heterocycles. The van der Waals surface area contributed by atoms with Gasteiger partial charge in [-0.05, 0) is 55.5 Å². The van der Waals surface area contributed by atoms with Gasteiger partial charge in [0.1, 0.15) is 0 Å². The van der Waals surface area contributed by atoms with Gasteiger partial charge in [0.25, 0.3) is 0 Å². The lowest BCUT2D eigenvalue weighted by atomic mass is 10.0. The number of sulfonamides is 1. The van der Waals surface area contributed by atoms with Crippen LogP contribution >= 0.6 is 0 Å². The van der Waals surface area contributed by atoms with E-state index in [2.05, 4.69) is 4.72 Å². The molecular weight excluding hydrogens is 360 g/mol. The fourth-order valence-corrected chi connectivity index (χ4v) is 4.87. The summed E-state index contributed by atoms with van der Waals surface area (Å²) in [6, 6.07) is 12.7. The van der Waals surface area contributed by atoms with E-state index >= 15 is 0 Å². The fraction of sp³-hybridized carbons (Fsp3) is 0.381. The van der Waals surface area contributed by atoms with Gasteiger partial charge >= 0.3 is 0 Å². The van der Waals surface area contributed by atoms with Gasteiger partial charge in [-0.3, -0.25) is 4.79 Å². The van der Waals surface area contributed by atoms with E-state index in [-0.39, 0.29) is 16.8 Å². The molecule has 2 aromatic carbocycles. The van der Waals surface area contributed by atoms with E-state index in [1.54, 1.807) is 23.1 Å². The Kier molecular flexibility index (Phi) is 5.67. The lowest BCUT2D eigenvalue weighted by Gasteiger charge is -2.29. The molecule has 1 heterocycles. The molecule has 1 atom stereocenters. The third-order valence-corrected chi connectivity index (χ3v) is 6.51. The van der Waals surface area contributed by atoms with Crippen molar-refractivity contribution < 1.29 is 13.2 Å². The number of aryl methyl sites for hydroxylation is 2. The van der Waals surface area contributed by atoms with E-state index in [1.165, 1.54) is 6.92 Å². The van der Waals surface area contributed by atoms with Crippen LogP contribution in [0.3, 0.4) is 0 Å². The second-order valence-electron chi connectivity index (χ2n) is 7.06. The van der Waals surface area contributed by atoms with Gasteiger partial charge in [-0.2, -0.15) is 0 Å². The van der Waals surface area contributed by atoms with E-state index in [0.717, 1.165) is 35.2 Å². The van der Waals surface area contributed by atoms with Crippen molar-refractivity contribution in [3.63, 3.8) is 0 Å². The lowest BCUT2D eigenvalue weighted by Crippen LogP contribution is -2.34. The Hall–Kier alpha value is -2.18. The first-order valence-corrected chi connectivity index (χ1v) is 10.8. The Balaban J connectivity index is 1.88. The van der Waals surface area contributed by atoms with Gasteiger partial charge in [0, 0.05) is 25.2 Å². The number of nitrogens with zero attached hydrogens (tertiary/aromatic N) is 1. The number of rotatable bonds is 5. The van der Waals surface area contributed by atoms with Crippen molar-refractivity contribution in [1.29, 1.82) is 0 Å². The minimum absolute atomic E-state index is 0.0184. The van der Waals surface area contributed by atoms with Crippen molar-refractivity contribution in [3.05, 3.63) is 59.2 Å². The number of anilines is 1. The average Bonchev–Trinajstić information content (AvgIpc) is 2.65. The molecule has 1 aliphatic rings. The SMILES string of the molecule is CC[C@H](NS(=O)(=O)c1ccc2c(c1)CCCN2C(C)=O)c1ccc(C)cc1. The third-order valence-electron chi connectivity index (χ3n) is 5.05. The van der Waals surface area contributed by atoms with E-state index < -0.39 is 10.0 Å². The largest absolute Gasteiger partial charge is 0.312 e. The Morgan fingerprint density at radius 3 is 2.52 bits per heavy atom. The molecule has 0 aliphatic carbocycles. The molecule has 0 spiro atoms. The molecule has 27 heavy (non-hydrogen) atoms. The molecule has 0 unspecified atom stereocenters. The van der Waals surface area contributed by atoms with Crippen LogP contribution in [0.25, 0.3) is 0 Å². The number of benzene rings is 2. The first-order valence-electron chi connectivity index (χ1n) is 9.31. The van der Waals surface area contributed by atoms with Crippen LogP contribution in [0.5, 0.6) is 0 Å². The topological polar surface area (TPSA) is 66.5 Å².